The van der Waals surface area contributed by atoms with E-state index < -0.39 is 0 Å². The Morgan fingerprint density at radius 1 is 1.50 bits per heavy atom. The van der Waals surface area contributed by atoms with E-state index in [9.17, 15) is 0 Å². The van der Waals surface area contributed by atoms with Gasteiger partial charge in [0.15, 0.2) is 0 Å². The van der Waals surface area contributed by atoms with Gasteiger partial charge in [0, 0.05) is 22.9 Å². The molecule has 4 nitrogen and oxygen atoms in total. The fourth-order valence-corrected chi connectivity index (χ4v) is 3.05. The van der Waals surface area contributed by atoms with Crippen LogP contribution in [0.3, 0.4) is 0 Å². The zero-order valence-corrected chi connectivity index (χ0v) is 13.1. The number of nitrogens with two attached hydrogens (primary N) is 1. The Kier molecular flexibility index (Phi) is 3.81. The summed E-state index contributed by atoms with van der Waals surface area (Å²) in [4.78, 5) is 6.74. The van der Waals surface area contributed by atoms with Crippen molar-refractivity contribution in [3.8, 4) is 0 Å². The number of nitrogen functional groups attached to an aromatic ring is 1. The van der Waals surface area contributed by atoms with Crippen molar-refractivity contribution in [3.63, 3.8) is 0 Å². The van der Waals surface area contributed by atoms with Crippen LogP contribution in [0, 0.1) is 0 Å². The number of halogens is 1. The van der Waals surface area contributed by atoms with E-state index in [4.69, 9.17) is 10.5 Å². The van der Waals surface area contributed by atoms with Gasteiger partial charge in [-0.25, -0.2) is 0 Å². The maximum atomic E-state index is 6.19. The Balaban J connectivity index is 2.09. The number of hydrogen-bond acceptors (Lipinski definition) is 4. The van der Waals surface area contributed by atoms with Gasteiger partial charge in [-0.15, -0.1) is 0 Å². The molecule has 1 aliphatic rings. The first-order chi connectivity index (χ1) is 9.69. The maximum Gasteiger partial charge on any atom is 0.0748 e. The summed E-state index contributed by atoms with van der Waals surface area (Å²) in [6.45, 7) is 4.65. The van der Waals surface area contributed by atoms with Crippen LogP contribution in [0.1, 0.15) is 13.3 Å². The van der Waals surface area contributed by atoms with Gasteiger partial charge < -0.3 is 15.4 Å². The molecule has 0 saturated carbocycles. The molecule has 1 saturated heterocycles. The topological polar surface area (TPSA) is 51.4 Å². The first kappa shape index (κ1) is 13.6. The Hall–Kier alpha value is -1.33. The lowest BCUT2D eigenvalue weighted by Crippen LogP contribution is -2.42. The summed E-state index contributed by atoms with van der Waals surface area (Å²) in [6, 6.07) is 6.11. The van der Waals surface area contributed by atoms with Crippen molar-refractivity contribution >= 4 is 38.2 Å². The lowest BCUT2D eigenvalue weighted by atomic mass is 10.1. The number of aromatic nitrogens is 1. The van der Waals surface area contributed by atoms with Crippen molar-refractivity contribution in [1.82, 2.24) is 4.98 Å². The number of pyridine rings is 1. The van der Waals surface area contributed by atoms with Crippen LogP contribution in [0.2, 0.25) is 0 Å². The third kappa shape index (κ3) is 2.47. The summed E-state index contributed by atoms with van der Waals surface area (Å²) in [5.41, 5.74) is 8.97. The second-order valence-electron chi connectivity index (χ2n) is 5.07. The molecule has 1 aliphatic heterocycles. The second-order valence-corrected chi connectivity index (χ2v) is 5.99. The van der Waals surface area contributed by atoms with E-state index in [-0.39, 0.29) is 6.10 Å². The number of anilines is 2. The Morgan fingerprint density at radius 3 is 3.15 bits per heavy atom. The minimum Gasteiger partial charge on any atom is -0.396 e. The monoisotopic (exact) mass is 335 g/mol. The average Bonchev–Trinajstić information content (AvgIpc) is 2.47. The highest BCUT2D eigenvalue weighted by Gasteiger charge is 2.22. The molecule has 0 spiro atoms. The zero-order chi connectivity index (χ0) is 14.1. The Labute approximate surface area is 127 Å². The van der Waals surface area contributed by atoms with Crippen LogP contribution in [0.15, 0.2) is 28.9 Å². The van der Waals surface area contributed by atoms with Crippen molar-refractivity contribution in [2.45, 2.75) is 19.4 Å². The third-order valence-corrected chi connectivity index (χ3v) is 4.23. The fourth-order valence-electron chi connectivity index (χ4n) is 2.69. The van der Waals surface area contributed by atoms with Gasteiger partial charge in [0.25, 0.3) is 0 Å². The molecule has 1 atom stereocenters. The predicted octanol–water partition coefficient (Wildman–Crippen LogP) is 3.19. The highest BCUT2D eigenvalue weighted by atomic mass is 79.9. The number of rotatable bonds is 2. The molecule has 0 aliphatic carbocycles. The van der Waals surface area contributed by atoms with Crippen molar-refractivity contribution in [2.75, 3.05) is 30.3 Å². The minimum absolute atomic E-state index is 0.276. The molecule has 2 aromatic rings. The van der Waals surface area contributed by atoms with Crippen molar-refractivity contribution in [3.05, 3.63) is 28.9 Å². The van der Waals surface area contributed by atoms with Crippen LogP contribution in [0.4, 0.5) is 11.4 Å². The summed E-state index contributed by atoms with van der Waals surface area (Å²) >= 11 is 3.53. The number of hydrogen-bond donors (Lipinski definition) is 1. The Bertz CT molecular complexity index is 627. The average molecular weight is 336 g/mol. The summed E-state index contributed by atoms with van der Waals surface area (Å²) in [5.74, 6) is 0. The molecule has 20 heavy (non-hydrogen) atoms. The van der Waals surface area contributed by atoms with Crippen LogP contribution < -0.4 is 10.6 Å². The van der Waals surface area contributed by atoms with Crippen LogP contribution in [-0.4, -0.2) is 30.8 Å². The van der Waals surface area contributed by atoms with Gasteiger partial charge in [-0.3, -0.25) is 4.98 Å². The van der Waals surface area contributed by atoms with E-state index in [1.807, 2.05) is 12.1 Å². The molecule has 3 rings (SSSR count). The summed E-state index contributed by atoms with van der Waals surface area (Å²) in [5, 5.41) is 1.09. The number of nitrogens with zero attached hydrogens (tertiary/aromatic N) is 2. The normalized spacial score (nSPS) is 19.5. The molecule has 5 heteroatoms. The standard InChI is InChI=1S/C15H18BrN3O/c1-2-11-9-19(5-6-20-11)15-12-7-10(16)3-4-14(12)18-8-13(15)17/h3-4,7-8,11H,2,5-6,9,17H2,1H3. The van der Waals surface area contributed by atoms with Crippen LogP contribution >= 0.6 is 15.9 Å². The molecule has 1 unspecified atom stereocenters. The molecular weight excluding hydrogens is 318 g/mol. The first-order valence-corrected chi connectivity index (χ1v) is 7.68. The molecule has 0 amide bonds. The van der Waals surface area contributed by atoms with E-state index in [0.29, 0.717) is 0 Å². The quantitative estimate of drug-likeness (QED) is 0.915. The summed E-state index contributed by atoms with van der Waals surface area (Å²) in [7, 11) is 0. The zero-order valence-electron chi connectivity index (χ0n) is 11.5. The summed E-state index contributed by atoms with van der Waals surface area (Å²) < 4.78 is 6.79. The van der Waals surface area contributed by atoms with E-state index in [1.165, 1.54) is 0 Å². The molecule has 2 heterocycles. The van der Waals surface area contributed by atoms with E-state index in [1.54, 1.807) is 6.20 Å². The molecule has 0 radical (unpaired) electrons. The summed E-state index contributed by atoms with van der Waals surface area (Å²) in [6.07, 6.45) is 3.05. The highest BCUT2D eigenvalue weighted by Crippen LogP contribution is 2.34. The van der Waals surface area contributed by atoms with Crippen LogP contribution in [0.25, 0.3) is 10.9 Å². The molecule has 106 valence electrons. The molecule has 1 fully saturated rings. The van der Waals surface area contributed by atoms with Crippen molar-refractivity contribution in [1.29, 1.82) is 0 Å². The van der Waals surface area contributed by atoms with E-state index in [0.717, 1.165) is 52.9 Å². The lowest BCUT2D eigenvalue weighted by Gasteiger charge is -2.35. The fraction of sp³-hybridized carbons (Fsp3) is 0.400. The third-order valence-electron chi connectivity index (χ3n) is 3.74. The van der Waals surface area contributed by atoms with Crippen LogP contribution in [0.5, 0.6) is 0 Å². The van der Waals surface area contributed by atoms with Gasteiger partial charge in [0.1, 0.15) is 0 Å². The number of ether oxygens (including phenoxy) is 1. The van der Waals surface area contributed by atoms with E-state index >= 15 is 0 Å². The second kappa shape index (κ2) is 5.58. The van der Waals surface area contributed by atoms with Crippen LogP contribution in [-0.2, 0) is 4.74 Å². The smallest absolute Gasteiger partial charge is 0.0748 e. The number of morpholine rings is 1. The van der Waals surface area contributed by atoms with Gasteiger partial charge in [-0.2, -0.15) is 0 Å². The molecule has 2 N–H and O–H groups in total. The molecule has 1 aromatic carbocycles. The van der Waals surface area contributed by atoms with E-state index in [2.05, 4.69) is 38.8 Å². The van der Waals surface area contributed by atoms with Gasteiger partial charge in [0.2, 0.25) is 0 Å². The highest BCUT2D eigenvalue weighted by molar-refractivity contribution is 9.10. The minimum atomic E-state index is 0.276. The van der Waals surface area contributed by atoms with Gasteiger partial charge in [-0.1, -0.05) is 22.9 Å². The van der Waals surface area contributed by atoms with Crippen molar-refractivity contribution < 1.29 is 4.74 Å². The maximum absolute atomic E-state index is 6.19. The Morgan fingerprint density at radius 2 is 2.35 bits per heavy atom. The number of benzene rings is 1. The molecule has 0 bridgehead atoms. The lowest BCUT2D eigenvalue weighted by molar-refractivity contribution is 0.0386. The van der Waals surface area contributed by atoms with Crippen molar-refractivity contribution in [2.24, 2.45) is 0 Å². The number of fused-ring (bicyclic) bond motifs is 1. The van der Waals surface area contributed by atoms with Gasteiger partial charge in [-0.05, 0) is 24.6 Å². The first-order valence-electron chi connectivity index (χ1n) is 6.89. The predicted molar refractivity (Wildman–Crippen MR) is 86.1 cm³/mol. The molecular formula is C15H18BrN3O. The largest absolute Gasteiger partial charge is 0.396 e. The van der Waals surface area contributed by atoms with Gasteiger partial charge in [0.05, 0.1) is 35.8 Å². The SMILES string of the molecule is CCC1CN(c2c(N)cnc3ccc(Br)cc23)CCO1. The molecule has 1 aromatic heterocycles. The van der Waals surface area contributed by atoms with Gasteiger partial charge >= 0.3 is 0 Å².